The summed E-state index contributed by atoms with van der Waals surface area (Å²) in [6.45, 7) is 17.4. The van der Waals surface area contributed by atoms with E-state index in [1.165, 1.54) is 52.7 Å². The average Bonchev–Trinajstić information content (AvgIpc) is 2.88. The topological polar surface area (TPSA) is 15.3 Å². The summed E-state index contributed by atoms with van der Waals surface area (Å²) < 4.78 is 0. The summed E-state index contributed by atoms with van der Waals surface area (Å²) in [4.78, 5) is 2.38. The number of fused-ring (bicyclic) bond motifs is 1. The molecule has 0 heterocycles. The van der Waals surface area contributed by atoms with Crippen LogP contribution in [-0.2, 0) is 6.54 Å². The van der Waals surface area contributed by atoms with E-state index in [0.717, 1.165) is 6.54 Å². The van der Waals surface area contributed by atoms with Crippen molar-refractivity contribution in [3.8, 4) is 0 Å². The van der Waals surface area contributed by atoms with Crippen molar-refractivity contribution in [2.75, 3.05) is 26.7 Å². The lowest BCUT2D eigenvalue weighted by Gasteiger charge is -2.13. The molecule has 4 rings (SSSR count). The summed E-state index contributed by atoms with van der Waals surface area (Å²) in [5.74, 6) is 0. The Morgan fingerprint density at radius 3 is 1.49 bits per heavy atom. The van der Waals surface area contributed by atoms with E-state index in [-0.39, 0.29) is 0 Å². The molecule has 0 bridgehead atoms. The zero-order valence-electron chi connectivity index (χ0n) is 23.0. The highest BCUT2D eigenvalue weighted by molar-refractivity contribution is 5.82. The van der Waals surface area contributed by atoms with E-state index in [1.54, 1.807) is 0 Å². The summed E-state index contributed by atoms with van der Waals surface area (Å²) in [5, 5.41) is 5.75. The van der Waals surface area contributed by atoms with Crippen LogP contribution in [0.15, 0.2) is 97.1 Å². The highest BCUT2D eigenvalue weighted by atomic mass is 15.1. The monoisotopic (exact) mass is 470 g/mol. The van der Waals surface area contributed by atoms with Crippen LogP contribution < -0.4 is 5.32 Å². The zero-order valence-corrected chi connectivity index (χ0v) is 23.0. The van der Waals surface area contributed by atoms with Gasteiger partial charge in [0, 0.05) is 6.54 Å². The van der Waals surface area contributed by atoms with Crippen LogP contribution in [0, 0.1) is 20.8 Å². The SMILES string of the molecule is CCN(CC)CC.CNCc1ccc(C)cc1.Cc1ccc2ccccc2c1.Cc1ccccc1. The molecule has 0 amide bonds. The van der Waals surface area contributed by atoms with Gasteiger partial charge in [-0.3, -0.25) is 0 Å². The molecule has 0 radical (unpaired) electrons. The Morgan fingerprint density at radius 1 is 0.543 bits per heavy atom. The van der Waals surface area contributed by atoms with Gasteiger partial charge in [0.05, 0.1) is 0 Å². The van der Waals surface area contributed by atoms with Gasteiger partial charge < -0.3 is 10.2 Å². The summed E-state index contributed by atoms with van der Waals surface area (Å²) >= 11 is 0. The molecule has 0 aromatic heterocycles. The van der Waals surface area contributed by atoms with Crippen LogP contribution in [0.2, 0.25) is 0 Å². The van der Waals surface area contributed by atoms with Crippen molar-refractivity contribution in [3.63, 3.8) is 0 Å². The highest BCUT2D eigenvalue weighted by Crippen LogP contribution is 2.14. The maximum absolute atomic E-state index is 3.10. The molecule has 0 aliphatic heterocycles. The standard InChI is InChI=1S/C11H10.C9H13N.C7H8.C6H15N/c1-9-6-7-10-4-2-3-5-11(10)8-9;1-8-3-5-9(6-4-8)7-10-2;1-7-5-3-2-4-6-7;1-4-7(5-2)6-3/h2-8H,1H3;3-6,10H,7H2,1-2H3;2-6H,1H3;4-6H2,1-3H3. The normalized spacial score (nSPS) is 9.83. The van der Waals surface area contributed by atoms with Gasteiger partial charge in [0.2, 0.25) is 0 Å². The van der Waals surface area contributed by atoms with Crippen molar-refractivity contribution >= 4 is 10.8 Å². The van der Waals surface area contributed by atoms with Crippen LogP contribution in [0.3, 0.4) is 0 Å². The van der Waals surface area contributed by atoms with Gasteiger partial charge in [0.25, 0.3) is 0 Å². The number of benzene rings is 4. The van der Waals surface area contributed by atoms with Crippen molar-refractivity contribution < 1.29 is 0 Å². The van der Waals surface area contributed by atoms with Crippen LogP contribution in [0.5, 0.6) is 0 Å². The number of nitrogens with zero attached hydrogens (tertiary/aromatic N) is 1. The number of hydrogen-bond donors (Lipinski definition) is 1. The van der Waals surface area contributed by atoms with Gasteiger partial charge in [-0.15, -0.1) is 0 Å². The van der Waals surface area contributed by atoms with Crippen molar-refractivity contribution in [1.82, 2.24) is 10.2 Å². The Morgan fingerprint density at radius 2 is 1.03 bits per heavy atom. The Bertz CT molecular complexity index is 1030. The van der Waals surface area contributed by atoms with Gasteiger partial charge in [-0.05, 0) is 63.8 Å². The predicted octanol–water partition coefficient (Wildman–Crippen LogP) is 8.21. The molecule has 35 heavy (non-hydrogen) atoms. The molecular weight excluding hydrogens is 424 g/mol. The first-order valence-corrected chi connectivity index (χ1v) is 12.8. The van der Waals surface area contributed by atoms with Crippen molar-refractivity contribution in [1.29, 1.82) is 0 Å². The summed E-state index contributed by atoms with van der Waals surface area (Å²) in [5.41, 5.74) is 5.30. The van der Waals surface area contributed by atoms with E-state index in [9.17, 15) is 0 Å². The van der Waals surface area contributed by atoms with Crippen molar-refractivity contribution in [2.45, 2.75) is 48.1 Å². The fraction of sp³-hybridized carbons (Fsp3) is 0.333. The van der Waals surface area contributed by atoms with E-state index in [4.69, 9.17) is 0 Å². The summed E-state index contributed by atoms with van der Waals surface area (Å²) in [6, 6.07) is 33.7. The second-order valence-electron chi connectivity index (χ2n) is 8.64. The molecule has 0 aliphatic carbocycles. The Hall–Kier alpha value is -2.94. The molecule has 0 fully saturated rings. The zero-order chi connectivity index (χ0) is 25.9. The first-order valence-electron chi connectivity index (χ1n) is 12.8. The van der Waals surface area contributed by atoms with Crippen LogP contribution in [0.1, 0.15) is 43.0 Å². The van der Waals surface area contributed by atoms with Gasteiger partial charge in [-0.2, -0.15) is 0 Å². The molecule has 0 saturated carbocycles. The van der Waals surface area contributed by atoms with Crippen LogP contribution in [-0.4, -0.2) is 31.6 Å². The third-order valence-electron chi connectivity index (χ3n) is 5.69. The second-order valence-corrected chi connectivity index (χ2v) is 8.64. The molecule has 2 heteroatoms. The van der Waals surface area contributed by atoms with Crippen LogP contribution in [0.4, 0.5) is 0 Å². The molecule has 0 aliphatic rings. The average molecular weight is 471 g/mol. The summed E-state index contributed by atoms with van der Waals surface area (Å²) in [6.07, 6.45) is 0. The van der Waals surface area contributed by atoms with E-state index in [0.29, 0.717) is 0 Å². The number of aryl methyl sites for hydroxylation is 3. The molecule has 0 unspecified atom stereocenters. The third-order valence-corrected chi connectivity index (χ3v) is 5.69. The molecule has 188 valence electrons. The number of nitrogens with one attached hydrogen (secondary N) is 1. The van der Waals surface area contributed by atoms with E-state index in [2.05, 4.69) is 131 Å². The van der Waals surface area contributed by atoms with Gasteiger partial charge in [-0.1, -0.05) is 135 Å². The van der Waals surface area contributed by atoms with Crippen LogP contribution in [0.25, 0.3) is 10.8 Å². The lowest BCUT2D eigenvalue weighted by molar-refractivity contribution is 0.321. The molecule has 0 atom stereocenters. The molecule has 4 aromatic rings. The molecule has 0 spiro atoms. The first-order chi connectivity index (χ1) is 16.9. The molecular formula is C33H46N2. The molecule has 2 nitrogen and oxygen atoms in total. The smallest absolute Gasteiger partial charge is 0.0202 e. The number of hydrogen-bond acceptors (Lipinski definition) is 2. The Balaban J connectivity index is 0.000000239. The highest BCUT2D eigenvalue weighted by Gasteiger charge is 1.90. The minimum Gasteiger partial charge on any atom is -0.316 e. The minimum atomic E-state index is 0.959. The van der Waals surface area contributed by atoms with Gasteiger partial charge in [-0.25, -0.2) is 0 Å². The Kier molecular flexibility index (Phi) is 15.8. The molecule has 0 saturated heterocycles. The largest absolute Gasteiger partial charge is 0.316 e. The van der Waals surface area contributed by atoms with E-state index < -0.39 is 0 Å². The van der Waals surface area contributed by atoms with Crippen LogP contribution >= 0.6 is 0 Å². The minimum absolute atomic E-state index is 0.959. The Labute approximate surface area is 215 Å². The molecule has 4 aromatic carbocycles. The maximum Gasteiger partial charge on any atom is 0.0202 e. The fourth-order valence-electron chi connectivity index (χ4n) is 3.42. The van der Waals surface area contributed by atoms with E-state index >= 15 is 0 Å². The maximum atomic E-state index is 3.10. The lowest BCUT2D eigenvalue weighted by Crippen LogP contribution is -2.21. The third kappa shape index (κ3) is 13.5. The second kappa shape index (κ2) is 18.4. The van der Waals surface area contributed by atoms with Crippen molar-refractivity contribution in [2.24, 2.45) is 0 Å². The first kappa shape index (κ1) is 30.1. The predicted molar refractivity (Wildman–Crippen MR) is 157 cm³/mol. The summed E-state index contributed by atoms with van der Waals surface area (Å²) in [7, 11) is 1.96. The fourth-order valence-corrected chi connectivity index (χ4v) is 3.42. The number of rotatable bonds is 5. The lowest BCUT2D eigenvalue weighted by atomic mass is 10.1. The molecule has 1 N–H and O–H groups in total. The van der Waals surface area contributed by atoms with E-state index in [1.807, 2.05) is 25.2 Å². The van der Waals surface area contributed by atoms with Gasteiger partial charge in [0.1, 0.15) is 0 Å². The quantitative estimate of drug-likeness (QED) is 0.316. The van der Waals surface area contributed by atoms with Gasteiger partial charge in [0.15, 0.2) is 0 Å². The van der Waals surface area contributed by atoms with Crippen molar-refractivity contribution in [3.05, 3.63) is 119 Å². The van der Waals surface area contributed by atoms with Gasteiger partial charge >= 0.3 is 0 Å².